The van der Waals surface area contributed by atoms with Gasteiger partial charge in [0.1, 0.15) is 5.75 Å². The van der Waals surface area contributed by atoms with E-state index in [-0.39, 0.29) is 5.41 Å². The van der Waals surface area contributed by atoms with Gasteiger partial charge >= 0.3 is 0 Å². The number of hydrogen-bond acceptors (Lipinski definition) is 2. The van der Waals surface area contributed by atoms with Gasteiger partial charge in [-0.1, -0.05) is 63.3 Å². The summed E-state index contributed by atoms with van der Waals surface area (Å²) in [7, 11) is 0. The molecule has 0 aliphatic carbocycles. The van der Waals surface area contributed by atoms with E-state index in [1.807, 2.05) is 31.2 Å². The summed E-state index contributed by atoms with van der Waals surface area (Å²) in [5.74, 6) is 0.636. The zero-order valence-corrected chi connectivity index (χ0v) is 15.0. The number of aldehydes is 1. The molecular weight excluding hydrogens is 296 g/mol. The topological polar surface area (TPSA) is 26.3 Å². The maximum atomic E-state index is 11.2. The molecule has 2 nitrogen and oxygen atoms in total. The van der Waals surface area contributed by atoms with Crippen molar-refractivity contribution < 1.29 is 9.53 Å². The second-order valence-electron chi connectivity index (χ2n) is 6.54. The Morgan fingerprint density at radius 2 is 1.71 bits per heavy atom. The first-order valence-corrected chi connectivity index (χ1v) is 8.51. The van der Waals surface area contributed by atoms with E-state index in [0.717, 1.165) is 23.8 Å². The molecule has 0 heterocycles. The lowest BCUT2D eigenvalue weighted by Crippen LogP contribution is -2.15. The van der Waals surface area contributed by atoms with Crippen LogP contribution in [0.15, 0.2) is 42.5 Å². The molecule has 0 N–H and O–H groups in total. The van der Waals surface area contributed by atoms with Crippen LogP contribution in [-0.4, -0.2) is 12.9 Å². The van der Waals surface area contributed by atoms with Crippen LogP contribution in [0.4, 0.5) is 0 Å². The van der Waals surface area contributed by atoms with Crippen LogP contribution >= 0.6 is 0 Å². The fourth-order valence-electron chi connectivity index (χ4n) is 2.51. The highest BCUT2D eigenvalue weighted by molar-refractivity contribution is 5.82. The van der Waals surface area contributed by atoms with Gasteiger partial charge in [-0.05, 0) is 47.6 Å². The Labute approximate surface area is 145 Å². The van der Waals surface area contributed by atoms with E-state index in [0.29, 0.717) is 17.9 Å². The standard InChI is InChI=1S/C22H26O2/c1-5-22(3,4)20-9-7-8-17(15-20)10-11-18-12-13-21(24-6-2)19(14-18)16-23/h7-16H,5-6H2,1-4H3. The molecule has 2 heteroatoms. The molecule has 0 atom stereocenters. The molecule has 0 amide bonds. The second-order valence-corrected chi connectivity index (χ2v) is 6.54. The number of rotatable bonds is 7. The van der Waals surface area contributed by atoms with Gasteiger partial charge in [0.25, 0.3) is 0 Å². The third-order valence-corrected chi connectivity index (χ3v) is 4.48. The minimum absolute atomic E-state index is 0.174. The molecule has 0 fully saturated rings. The minimum Gasteiger partial charge on any atom is -0.493 e. The van der Waals surface area contributed by atoms with Crippen molar-refractivity contribution in [2.45, 2.75) is 39.5 Å². The maximum absolute atomic E-state index is 11.2. The Hall–Kier alpha value is -2.35. The smallest absolute Gasteiger partial charge is 0.153 e. The average Bonchev–Trinajstić information content (AvgIpc) is 2.61. The Morgan fingerprint density at radius 1 is 1.00 bits per heavy atom. The molecule has 0 saturated heterocycles. The van der Waals surface area contributed by atoms with Gasteiger partial charge in [-0.3, -0.25) is 4.79 Å². The Bertz CT molecular complexity index is 726. The molecule has 2 aromatic carbocycles. The SMILES string of the molecule is CCOc1ccc(C=Cc2cccc(C(C)(C)CC)c2)cc1C=O. The summed E-state index contributed by atoms with van der Waals surface area (Å²) in [6, 6.07) is 14.3. The first-order valence-electron chi connectivity index (χ1n) is 8.51. The molecule has 0 aliphatic rings. The van der Waals surface area contributed by atoms with Crippen LogP contribution in [0.25, 0.3) is 12.2 Å². The minimum atomic E-state index is 0.174. The largest absolute Gasteiger partial charge is 0.493 e. The molecule has 0 saturated carbocycles. The average molecular weight is 322 g/mol. The third kappa shape index (κ3) is 4.35. The number of carbonyl (C=O) groups is 1. The van der Waals surface area contributed by atoms with Crippen LogP contribution in [-0.2, 0) is 5.41 Å². The first kappa shape index (κ1) is 18.0. The van der Waals surface area contributed by atoms with Crippen molar-refractivity contribution in [2.75, 3.05) is 6.61 Å². The highest BCUT2D eigenvalue weighted by Gasteiger charge is 2.17. The predicted molar refractivity (Wildman–Crippen MR) is 102 cm³/mol. The molecular formula is C22H26O2. The monoisotopic (exact) mass is 322 g/mol. The van der Waals surface area contributed by atoms with E-state index in [2.05, 4.69) is 51.1 Å². The summed E-state index contributed by atoms with van der Waals surface area (Å²) < 4.78 is 5.46. The van der Waals surface area contributed by atoms with Gasteiger partial charge in [-0.25, -0.2) is 0 Å². The van der Waals surface area contributed by atoms with Crippen LogP contribution in [0.3, 0.4) is 0 Å². The van der Waals surface area contributed by atoms with Gasteiger partial charge in [0.15, 0.2) is 6.29 Å². The van der Waals surface area contributed by atoms with E-state index in [9.17, 15) is 4.79 Å². The second kappa shape index (κ2) is 7.96. The van der Waals surface area contributed by atoms with Crippen molar-refractivity contribution in [3.8, 4) is 5.75 Å². The summed E-state index contributed by atoms with van der Waals surface area (Å²) in [4.78, 5) is 11.2. The van der Waals surface area contributed by atoms with Crippen molar-refractivity contribution >= 4 is 18.4 Å². The van der Waals surface area contributed by atoms with Crippen LogP contribution in [0.2, 0.25) is 0 Å². The quantitative estimate of drug-likeness (QED) is 0.479. The van der Waals surface area contributed by atoms with Crippen molar-refractivity contribution in [2.24, 2.45) is 0 Å². The first-order chi connectivity index (χ1) is 11.5. The fraction of sp³-hybridized carbons (Fsp3) is 0.318. The van der Waals surface area contributed by atoms with E-state index in [4.69, 9.17) is 4.74 Å². The predicted octanol–water partition coefficient (Wildman–Crippen LogP) is 5.76. The van der Waals surface area contributed by atoms with Gasteiger partial charge < -0.3 is 4.74 Å². The molecule has 2 aromatic rings. The number of hydrogen-bond donors (Lipinski definition) is 0. The van der Waals surface area contributed by atoms with Crippen LogP contribution in [0, 0.1) is 0 Å². The molecule has 0 aliphatic heterocycles. The molecule has 0 spiro atoms. The molecule has 0 bridgehead atoms. The molecule has 0 unspecified atom stereocenters. The fourth-order valence-corrected chi connectivity index (χ4v) is 2.51. The van der Waals surface area contributed by atoms with E-state index >= 15 is 0 Å². The van der Waals surface area contributed by atoms with Crippen LogP contribution < -0.4 is 4.74 Å². The molecule has 0 radical (unpaired) electrons. The van der Waals surface area contributed by atoms with Crippen LogP contribution in [0.1, 0.15) is 61.2 Å². The molecule has 0 aromatic heterocycles. The van der Waals surface area contributed by atoms with Gasteiger partial charge in [-0.15, -0.1) is 0 Å². The summed E-state index contributed by atoms with van der Waals surface area (Å²) in [5.41, 5.74) is 4.25. The lowest BCUT2D eigenvalue weighted by atomic mass is 9.81. The number of carbonyl (C=O) groups excluding carboxylic acids is 1. The van der Waals surface area contributed by atoms with Crippen molar-refractivity contribution in [3.05, 3.63) is 64.7 Å². The van der Waals surface area contributed by atoms with Gasteiger partial charge in [0.2, 0.25) is 0 Å². The summed E-state index contributed by atoms with van der Waals surface area (Å²) in [6.45, 7) is 9.20. The Morgan fingerprint density at radius 3 is 2.33 bits per heavy atom. The van der Waals surface area contributed by atoms with E-state index in [1.54, 1.807) is 0 Å². The van der Waals surface area contributed by atoms with Gasteiger partial charge in [0, 0.05) is 0 Å². The zero-order valence-electron chi connectivity index (χ0n) is 15.0. The highest BCUT2D eigenvalue weighted by atomic mass is 16.5. The van der Waals surface area contributed by atoms with Crippen molar-refractivity contribution in [3.63, 3.8) is 0 Å². The van der Waals surface area contributed by atoms with Gasteiger partial charge in [0.05, 0.1) is 12.2 Å². The van der Waals surface area contributed by atoms with Crippen molar-refractivity contribution in [1.29, 1.82) is 0 Å². The molecule has 24 heavy (non-hydrogen) atoms. The Kier molecular flexibility index (Phi) is 5.97. The van der Waals surface area contributed by atoms with E-state index in [1.165, 1.54) is 5.56 Å². The zero-order chi connectivity index (χ0) is 17.6. The maximum Gasteiger partial charge on any atom is 0.153 e. The van der Waals surface area contributed by atoms with Crippen molar-refractivity contribution in [1.82, 2.24) is 0 Å². The third-order valence-electron chi connectivity index (χ3n) is 4.48. The highest BCUT2D eigenvalue weighted by Crippen LogP contribution is 2.27. The number of ether oxygens (including phenoxy) is 1. The molecule has 2 rings (SSSR count). The summed E-state index contributed by atoms with van der Waals surface area (Å²) in [6.07, 6.45) is 6.05. The van der Waals surface area contributed by atoms with Crippen LogP contribution in [0.5, 0.6) is 5.75 Å². The Balaban J connectivity index is 2.25. The summed E-state index contributed by atoms with van der Waals surface area (Å²) >= 11 is 0. The number of benzene rings is 2. The lowest BCUT2D eigenvalue weighted by molar-refractivity contribution is 0.112. The summed E-state index contributed by atoms with van der Waals surface area (Å²) in [5, 5.41) is 0. The lowest BCUT2D eigenvalue weighted by Gasteiger charge is -2.23. The van der Waals surface area contributed by atoms with Gasteiger partial charge in [-0.2, -0.15) is 0 Å². The normalized spacial score (nSPS) is 11.7. The molecule has 126 valence electrons. The van der Waals surface area contributed by atoms with E-state index < -0.39 is 0 Å².